The number of carboxylic acid groups (broad SMARTS) is 1. The average molecular weight is 252 g/mol. The smallest absolute Gasteiger partial charge is 0.305 e. The van der Waals surface area contributed by atoms with E-state index in [1.165, 1.54) is 0 Å². The number of anilines is 2. The molecule has 0 saturated carbocycles. The Morgan fingerprint density at radius 1 is 1.39 bits per heavy atom. The zero-order valence-corrected chi connectivity index (χ0v) is 10.0. The summed E-state index contributed by atoms with van der Waals surface area (Å²) in [4.78, 5) is 21.0. The van der Waals surface area contributed by atoms with E-state index in [4.69, 9.17) is 9.84 Å². The molecule has 0 bridgehead atoms. The number of nitrogens with one attached hydrogen (secondary N) is 1. The van der Waals surface area contributed by atoms with Crippen LogP contribution < -0.4 is 10.2 Å². The van der Waals surface area contributed by atoms with Crippen LogP contribution in [0.2, 0.25) is 0 Å². The number of carboxylic acids is 1. The Kier molecular flexibility index (Phi) is 4.30. The summed E-state index contributed by atoms with van der Waals surface area (Å²) >= 11 is 0. The van der Waals surface area contributed by atoms with Gasteiger partial charge >= 0.3 is 5.97 Å². The van der Waals surface area contributed by atoms with Gasteiger partial charge in [0, 0.05) is 19.6 Å². The number of aliphatic carboxylic acids is 1. The molecular formula is C11H16N4O3. The summed E-state index contributed by atoms with van der Waals surface area (Å²) in [5.41, 5.74) is 0. The summed E-state index contributed by atoms with van der Waals surface area (Å²) < 4.78 is 5.26. The minimum Gasteiger partial charge on any atom is -0.481 e. The summed E-state index contributed by atoms with van der Waals surface area (Å²) in [6.07, 6.45) is 3.37. The summed E-state index contributed by atoms with van der Waals surface area (Å²) in [7, 11) is 0. The van der Waals surface area contributed by atoms with Crippen molar-refractivity contribution >= 4 is 17.6 Å². The SMILES string of the molecule is O=C(O)CCNc1cnc(N2CCOCC2)cn1. The Hall–Kier alpha value is -1.89. The van der Waals surface area contributed by atoms with Gasteiger partial charge in [-0.25, -0.2) is 9.97 Å². The number of aromatic nitrogens is 2. The van der Waals surface area contributed by atoms with Crippen LogP contribution in [0.5, 0.6) is 0 Å². The van der Waals surface area contributed by atoms with Crippen molar-refractivity contribution in [2.45, 2.75) is 6.42 Å². The highest BCUT2D eigenvalue weighted by Crippen LogP contribution is 2.12. The van der Waals surface area contributed by atoms with Gasteiger partial charge in [0.2, 0.25) is 0 Å². The van der Waals surface area contributed by atoms with Crippen molar-refractivity contribution in [1.29, 1.82) is 0 Å². The van der Waals surface area contributed by atoms with Gasteiger partial charge in [0.05, 0.1) is 32.0 Å². The molecule has 0 radical (unpaired) electrons. The van der Waals surface area contributed by atoms with Crippen molar-refractivity contribution in [1.82, 2.24) is 9.97 Å². The van der Waals surface area contributed by atoms with Crippen LogP contribution in [-0.2, 0) is 9.53 Å². The number of carbonyl (C=O) groups is 1. The first-order chi connectivity index (χ1) is 8.75. The molecule has 2 heterocycles. The van der Waals surface area contributed by atoms with Crippen LogP contribution in [-0.4, -0.2) is 53.9 Å². The number of hydrogen-bond donors (Lipinski definition) is 2. The van der Waals surface area contributed by atoms with E-state index in [-0.39, 0.29) is 6.42 Å². The Morgan fingerprint density at radius 3 is 2.78 bits per heavy atom. The van der Waals surface area contributed by atoms with Crippen LogP contribution >= 0.6 is 0 Å². The first kappa shape index (κ1) is 12.6. The topological polar surface area (TPSA) is 87.6 Å². The minimum atomic E-state index is -0.833. The van der Waals surface area contributed by atoms with Crippen LogP contribution in [0.25, 0.3) is 0 Å². The van der Waals surface area contributed by atoms with Gasteiger partial charge < -0.3 is 20.1 Å². The van der Waals surface area contributed by atoms with Gasteiger partial charge in [0.15, 0.2) is 0 Å². The Morgan fingerprint density at radius 2 is 2.17 bits per heavy atom. The zero-order chi connectivity index (χ0) is 12.8. The Labute approximate surface area is 105 Å². The standard InChI is InChI=1S/C11H16N4O3/c16-11(17)1-2-12-9-7-14-10(8-13-9)15-3-5-18-6-4-15/h7-8H,1-6H2,(H,12,13)(H,16,17). The van der Waals surface area contributed by atoms with E-state index in [9.17, 15) is 4.79 Å². The first-order valence-electron chi connectivity index (χ1n) is 5.86. The summed E-state index contributed by atoms with van der Waals surface area (Å²) in [5.74, 6) is 0.579. The van der Waals surface area contributed by atoms with E-state index in [0.29, 0.717) is 25.6 Å². The van der Waals surface area contributed by atoms with E-state index < -0.39 is 5.97 Å². The third-order valence-corrected chi connectivity index (χ3v) is 2.62. The number of morpholine rings is 1. The molecule has 0 aromatic carbocycles. The van der Waals surface area contributed by atoms with Gasteiger partial charge in [-0.3, -0.25) is 4.79 Å². The molecule has 1 aliphatic heterocycles. The van der Waals surface area contributed by atoms with Crippen molar-refractivity contribution in [3.8, 4) is 0 Å². The fraction of sp³-hybridized carbons (Fsp3) is 0.545. The maximum Gasteiger partial charge on any atom is 0.305 e. The largest absolute Gasteiger partial charge is 0.481 e. The van der Waals surface area contributed by atoms with Gasteiger partial charge in [-0.1, -0.05) is 0 Å². The van der Waals surface area contributed by atoms with Gasteiger partial charge in [0.1, 0.15) is 11.6 Å². The second-order valence-corrected chi connectivity index (χ2v) is 3.93. The molecule has 0 amide bonds. The normalized spacial score (nSPS) is 15.4. The summed E-state index contributed by atoms with van der Waals surface area (Å²) in [6, 6.07) is 0. The molecule has 1 aliphatic rings. The fourth-order valence-electron chi connectivity index (χ4n) is 1.67. The highest BCUT2D eigenvalue weighted by Gasteiger charge is 2.12. The molecule has 1 aromatic heterocycles. The predicted octanol–water partition coefficient (Wildman–Crippen LogP) is 0.200. The molecule has 18 heavy (non-hydrogen) atoms. The Balaban J connectivity index is 1.86. The van der Waals surface area contributed by atoms with Crippen LogP contribution in [0.15, 0.2) is 12.4 Å². The maximum atomic E-state index is 10.4. The van der Waals surface area contributed by atoms with E-state index >= 15 is 0 Å². The van der Waals surface area contributed by atoms with Gasteiger partial charge in [-0.05, 0) is 0 Å². The van der Waals surface area contributed by atoms with Crippen molar-refractivity contribution < 1.29 is 14.6 Å². The molecule has 0 aliphatic carbocycles. The molecule has 0 atom stereocenters. The van der Waals surface area contributed by atoms with E-state index in [0.717, 1.165) is 18.9 Å². The van der Waals surface area contributed by atoms with Crippen LogP contribution in [0.3, 0.4) is 0 Å². The van der Waals surface area contributed by atoms with Crippen LogP contribution in [0.4, 0.5) is 11.6 Å². The van der Waals surface area contributed by atoms with Crippen molar-refractivity contribution in [3.05, 3.63) is 12.4 Å². The molecule has 1 aromatic rings. The van der Waals surface area contributed by atoms with E-state index in [1.807, 2.05) is 0 Å². The van der Waals surface area contributed by atoms with Crippen molar-refractivity contribution in [3.63, 3.8) is 0 Å². The lowest BCUT2D eigenvalue weighted by molar-refractivity contribution is -0.136. The van der Waals surface area contributed by atoms with Gasteiger partial charge in [-0.15, -0.1) is 0 Å². The van der Waals surface area contributed by atoms with Gasteiger partial charge in [-0.2, -0.15) is 0 Å². The quantitative estimate of drug-likeness (QED) is 0.774. The second-order valence-electron chi connectivity index (χ2n) is 3.93. The molecule has 2 rings (SSSR count). The fourth-order valence-corrected chi connectivity index (χ4v) is 1.67. The molecule has 7 nitrogen and oxygen atoms in total. The third-order valence-electron chi connectivity index (χ3n) is 2.62. The summed E-state index contributed by atoms with van der Waals surface area (Å²) in [5, 5.41) is 11.4. The average Bonchev–Trinajstić information content (AvgIpc) is 2.40. The highest BCUT2D eigenvalue weighted by molar-refractivity contribution is 5.67. The zero-order valence-electron chi connectivity index (χ0n) is 10.0. The number of nitrogens with zero attached hydrogens (tertiary/aromatic N) is 3. The molecule has 0 unspecified atom stereocenters. The number of rotatable bonds is 5. The van der Waals surface area contributed by atoms with Crippen LogP contribution in [0.1, 0.15) is 6.42 Å². The predicted molar refractivity (Wildman–Crippen MR) is 65.8 cm³/mol. The molecule has 1 fully saturated rings. The highest BCUT2D eigenvalue weighted by atomic mass is 16.5. The van der Waals surface area contributed by atoms with Crippen molar-refractivity contribution in [2.75, 3.05) is 43.1 Å². The number of ether oxygens (including phenoxy) is 1. The monoisotopic (exact) mass is 252 g/mol. The third kappa shape index (κ3) is 3.56. The minimum absolute atomic E-state index is 0.0624. The van der Waals surface area contributed by atoms with E-state index in [2.05, 4.69) is 20.2 Å². The first-order valence-corrected chi connectivity index (χ1v) is 5.86. The van der Waals surface area contributed by atoms with Crippen molar-refractivity contribution in [2.24, 2.45) is 0 Å². The lowest BCUT2D eigenvalue weighted by atomic mass is 10.4. The molecule has 2 N–H and O–H groups in total. The van der Waals surface area contributed by atoms with E-state index in [1.54, 1.807) is 12.4 Å². The number of hydrogen-bond acceptors (Lipinski definition) is 6. The molecule has 7 heteroatoms. The lowest BCUT2D eigenvalue weighted by Gasteiger charge is -2.27. The summed E-state index contributed by atoms with van der Waals surface area (Å²) in [6.45, 7) is 3.41. The lowest BCUT2D eigenvalue weighted by Crippen LogP contribution is -2.36. The Bertz CT molecular complexity index is 390. The molecular weight excluding hydrogens is 236 g/mol. The van der Waals surface area contributed by atoms with Gasteiger partial charge in [0.25, 0.3) is 0 Å². The maximum absolute atomic E-state index is 10.4. The molecule has 98 valence electrons. The molecule has 0 spiro atoms. The second kappa shape index (κ2) is 6.15. The van der Waals surface area contributed by atoms with Crippen LogP contribution in [0, 0.1) is 0 Å². The molecule has 1 saturated heterocycles.